The molecule has 2 N–H and O–H groups in total. The lowest BCUT2D eigenvalue weighted by atomic mass is 10.0. The van der Waals surface area contributed by atoms with Gasteiger partial charge in [0.05, 0.1) is 6.61 Å². The first-order valence-corrected chi connectivity index (χ1v) is 9.81. The highest BCUT2D eigenvalue weighted by Gasteiger charge is 2.16. The predicted octanol–water partition coefficient (Wildman–Crippen LogP) is 3.22. The summed E-state index contributed by atoms with van der Waals surface area (Å²) in [6.45, 7) is 1.63. The Kier molecular flexibility index (Phi) is 7.47. The summed E-state index contributed by atoms with van der Waals surface area (Å²) in [4.78, 5) is 13.3. The third kappa shape index (κ3) is 5.94. The van der Waals surface area contributed by atoms with Crippen LogP contribution in [0.1, 0.15) is 28.7 Å². The molecule has 0 radical (unpaired) electrons. The Morgan fingerprint density at radius 2 is 1.90 bits per heavy atom. The van der Waals surface area contributed by atoms with Crippen LogP contribution in [0.15, 0.2) is 54.6 Å². The molecule has 3 rings (SSSR count). The van der Waals surface area contributed by atoms with E-state index in [2.05, 4.69) is 11.0 Å². The largest absolute Gasteiger partial charge is 0.395 e. The Balaban J connectivity index is 1.59. The number of fused-ring (bicyclic) bond motifs is 1. The Morgan fingerprint density at radius 3 is 2.62 bits per heavy atom. The number of carbonyl (C=O) groups excluding carboxylic acids is 1. The van der Waals surface area contributed by atoms with E-state index in [1.54, 1.807) is 12.1 Å². The number of hydrogen-bond donors (Lipinski definition) is 2. The first kappa shape index (κ1) is 21.1. The summed E-state index contributed by atoms with van der Waals surface area (Å²) in [7, 11) is 0. The fourth-order valence-electron chi connectivity index (χ4n) is 3.53. The molecule has 0 atom stereocenters. The molecule has 0 fully saturated rings. The zero-order valence-corrected chi connectivity index (χ0v) is 16.4. The van der Waals surface area contributed by atoms with Gasteiger partial charge in [-0.1, -0.05) is 42.5 Å². The maximum atomic E-state index is 13.6. The van der Waals surface area contributed by atoms with Gasteiger partial charge in [-0.05, 0) is 58.9 Å². The molecular weight excluding hydrogens is 369 g/mol. The smallest absolute Gasteiger partial charge is 0.181 e. The lowest BCUT2D eigenvalue weighted by Crippen LogP contribution is -2.27. The van der Waals surface area contributed by atoms with Crippen LogP contribution in [-0.4, -0.2) is 47.2 Å². The van der Waals surface area contributed by atoms with Crippen molar-refractivity contribution in [2.24, 2.45) is 0 Å². The Bertz CT molecular complexity index is 903. The lowest BCUT2D eigenvalue weighted by molar-refractivity contribution is -0.117. The second-order valence-corrected chi connectivity index (χ2v) is 7.18. The van der Waals surface area contributed by atoms with Gasteiger partial charge in [-0.15, -0.1) is 0 Å². The molecule has 29 heavy (non-hydrogen) atoms. The van der Waals surface area contributed by atoms with Crippen molar-refractivity contribution >= 4 is 17.4 Å². The zero-order valence-electron chi connectivity index (χ0n) is 16.4. The average Bonchev–Trinajstić information content (AvgIpc) is 3.13. The van der Waals surface area contributed by atoms with Gasteiger partial charge in [0.25, 0.3) is 0 Å². The minimum absolute atomic E-state index is 0.0777. The molecule has 4 nitrogen and oxygen atoms in total. The van der Waals surface area contributed by atoms with Gasteiger partial charge in [0.2, 0.25) is 0 Å². The summed E-state index contributed by atoms with van der Waals surface area (Å²) in [6.07, 6.45) is 6.86. The minimum atomic E-state index is -0.488. The van der Waals surface area contributed by atoms with Crippen LogP contribution < -0.4 is 0 Å². The van der Waals surface area contributed by atoms with E-state index in [0.717, 1.165) is 41.6 Å². The summed E-state index contributed by atoms with van der Waals surface area (Å²) >= 11 is 0. The van der Waals surface area contributed by atoms with Crippen molar-refractivity contribution < 1.29 is 19.4 Å². The molecule has 0 saturated carbocycles. The summed E-state index contributed by atoms with van der Waals surface area (Å²) in [5, 5.41) is 18.2. The standard InChI is InChI=1S/C24H26FNO3/c25-22-9-8-20-6-7-21(24(20)15-22)11-12-26(13-14-27)16-19-3-1-18(2-4-19)5-10-23(29)17-28/h1-5,7-10,15,27-28H,6,11-14,16-17H2/b10-5+. The number of aliphatic hydroxyl groups excluding tert-OH is 2. The van der Waals surface area contributed by atoms with E-state index in [1.807, 2.05) is 30.3 Å². The quantitative estimate of drug-likeness (QED) is 0.607. The number of allylic oxidation sites excluding steroid dienone is 1. The number of aliphatic hydroxyl groups is 2. The predicted molar refractivity (Wildman–Crippen MR) is 113 cm³/mol. The average molecular weight is 395 g/mol. The van der Waals surface area contributed by atoms with E-state index in [-0.39, 0.29) is 18.2 Å². The highest BCUT2D eigenvalue weighted by Crippen LogP contribution is 2.30. The molecule has 0 spiro atoms. The number of hydrogen-bond acceptors (Lipinski definition) is 4. The van der Waals surface area contributed by atoms with Gasteiger partial charge in [-0.2, -0.15) is 0 Å². The van der Waals surface area contributed by atoms with E-state index in [4.69, 9.17) is 5.11 Å². The van der Waals surface area contributed by atoms with Crippen molar-refractivity contribution in [1.82, 2.24) is 4.90 Å². The van der Waals surface area contributed by atoms with Crippen LogP contribution in [0.4, 0.5) is 4.39 Å². The topological polar surface area (TPSA) is 60.8 Å². The van der Waals surface area contributed by atoms with Crippen molar-refractivity contribution in [3.8, 4) is 0 Å². The number of benzene rings is 2. The molecule has 152 valence electrons. The van der Waals surface area contributed by atoms with Crippen LogP contribution in [0.25, 0.3) is 11.6 Å². The summed E-state index contributed by atoms with van der Waals surface area (Å²) in [5.74, 6) is -0.538. The van der Waals surface area contributed by atoms with E-state index < -0.39 is 6.61 Å². The van der Waals surface area contributed by atoms with Crippen LogP contribution >= 0.6 is 0 Å². The van der Waals surface area contributed by atoms with Gasteiger partial charge in [0.1, 0.15) is 12.4 Å². The van der Waals surface area contributed by atoms with Crippen LogP contribution in [-0.2, 0) is 17.8 Å². The molecule has 2 aromatic carbocycles. The molecule has 0 amide bonds. The molecule has 0 unspecified atom stereocenters. The van der Waals surface area contributed by atoms with E-state index >= 15 is 0 Å². The van der Waals surface area contributed by atoms with Crippen LogP contribution in [0.5, 0.6) is 0 Å². The van der Waals surface area contributed by atoms with E-state index in [9.17, 15) is 14.3 Å². The molecule has 1 aliphatic rings. The van der Waals surface area contributed by atoms with Gasteiger partial charge in [0, 0.05) is 19.6 Å². The fraction of sp³-hybridized carbons (Fsp3) is 0.292. The van der Waals surface area contributed by atoms with Gasteiger partial charge in [0.15, 0.2) is 5.78 Å². The number of ketones is 1. The fourth-order valence-corrected chi connectivity index (χ4v) is 3.53. The summed E-state index contributed by atoms with van der Waals surface area (Å²) in [5.41, 5.74) is 5.33. The third-order valence-corrected chi connectivity index (χ3v) is 5.10. The lowest BCUT2D eigenvalue weighted by Gasteiger charge is -2.22. The molecule has 5 heteroatoms. The number of nitrogens with zero attached hydrogens (tertiary/aromatic N) is 1. The number of carbonyl (C=O) groups is 1. The highest BCUT2D eigenvalue weighted by molar-refractivity contribution is 5.94. The second kappa shape index (κ2) is 10.3. The van der Waals surface area contributed by atoms with Crippen molar-refractivity contribution in [3.05, 3.63) is 82.7 Å². The van der Waals surface area contributed by atoms with Crippen LogP contribution in [0.3, 0.4) is 0 Å². The maximum absolute atomic E-state index is 13.6. The summed E-state index contributed by atoms with van der Waals surface area (Å²) < 4.78 is 13.6. The van der Waals surface area contributed by atoms with Crippen molar-refractivity contribution in [3.63, 3.8) is 0 Å². The van der Waals surface area contributed by atoms with Gasteiger partial charge < -0.3 is 10.2 Å². The SMILES string of the molecule is O=C(/C=C/c1ccc(CN(CCO)CCC2=CCc3ccc(F)cc32)cc1)CO. The van der Waals surface area contributed by atoms with Crippen molar-refractivity contribution in [1.29, 1.82) is 0 Å². The first-order chi connectivity index (χ1) is 14.1. The van der Waals surface area contributed by atoms with Crippen molar-refractivity contribution in [2.75, 3.05) is 26.3 Å². The second-order valence-electron chi connectivity index (χ2n) is 7.18. The Morgan fingerprint density at radius 1 is 1.10 bits per heavy atom. The van der Waals surface area contributed by atoms with E-state index in [0.29, 0.717) is 13.1 Å². The van der Waals surface area contributed by atoms with Crippen molar-refractivity contribution in [2.45, 2.75) is 19.4 Å². The molecule has 0 bridgehead atoms. The van der Waals surface area contributed by atoms with E-state index in [1.165, 1.54) is 17.7 Å². The van der Waals surface area contributed by atoms with Gasteiger partial charge >= 0.3 is 0 Å². The molecule has 0 aliphatic heterocycles. The molecular formula is C24H26FNO3. The Hall–Kier alpha value is -2.60. The number of halogens is 1. The molecule has 2 aromatic rings. The normalized spacial score (nSPS) is 13.2. The molecule has 0 heterocycles. The Labute approximate surface area is 170 Å². The minimum Gasteiger partial charge on any atom is -0.395 e. The zero-order chi connectivity index (χ0) is 20.6. The van der Waals surface area contributed by atoms with Gasteiger partial charge in [-0.25, -0.2) is 4.39 Å². The third-order valence-electron chi connectivity index (χ3n) is 5.10. The number of rotatable bonds is 10. The summed E-state index contributed by atoms with van der Waals surface area (Å²) in [6, 6.07) is 12.8. The highest BCUT2D eigenvalue weighted by atomic mass is 19.1. The maximum Gasteiger partial charge on any atom is 0.181 e. The molecule has 0 saturated heterocycles. The first-order valence-electron chi connectivity index (χ1n) is 9.81. The monoisotopic (exact) mass is 395 g/mol. The van der Waals surface area contributed by atoms with Gasteiger partial charge in [-0.3, -0.25) is 9.69 Å². The molecule has 1 aliphatic carbocycles. The van der Waals surface area contributed by atoms with Crippen LogP contribution in [0, 0.1) is 5.82 Å². The van der Waals surface area contributed by atoms with Crippen LogP contribution in [0.2, 0.25) is 0 Å². The molecule has 0 aromatic heterocycles.